The summed E-state index contributed by atoms with van der Waals surface area (Å²) in [5.41, 5.74) is 2.76. The molecule has 10 nitrogen and oxygen atoms in total. The van der Waals surface area contributed by atoms with Crippen LogP contribution in [0.1, 0.15) is 49.3 Å². The van der Waals surface area contributed by atoms with Gasteiger partial charge in [0.1, 0.15) is 23.3 Å². The summed E-state index contributed by atoms with van der Waals surface area (Å²) in [5, 5.41) is 19.0. The number of aromatic amines is 1. The predicted molar refractivity (Wildman–Crippen MR) is 156 cm³/mol. The van der Waals surface area contributed by atoms with E-state index in [9.17, 15) is 28.0 Å². The van der Waals surface area contributed by atoms with E-state index in [0.29, 0.717) is 57.4 Å². The highest BCUT2D eigenvalue weighted by Gasteiger charge is 2.30. The number of nitrogens with zero attached hydrogens (tertiary/aromatic N) is 2. The van der Waals surface area contributed by atoms with Gasteiger partial charge in [-0.2, -0.15) is 13.5 Å². The molecule has 2 atom stereocenters. The van der Waals surface area contributed by atoms with Crippen molar-refractivity contribution in [1.29, 1.82) is 0 Å². The normalized spacial score (nSPS) is 16.8. The Labute approximate surface area is 250 Å². The van der Waals surface area contributed by atoms with Gasteiger partial charge in [0.25, 0.3) is 0 Å². The van der Waals surface area contributed by atoms with Crippen molar-refractivity contribution in [2.24, 2.45) is 5.92 Å². The summed E-state index contributed by atoms with van der Waals surface area (Å²) in [6, 6.07) is 11.5. The van der Waals surface area contributed by atoms with Crippen LogP contribution < -0.4 is 20.1 Å². The molecule has 5 rings (SSSR count). The van der Waals surface area contributed by atoms with Crippen LogP contribution in [0.4, 0.5) is 29.3 Å². The summed E-state index contributed by atoms with van der Waals surface area (Å²) in [5.74, 6) is -1.50. The maximum atomic E-state index is 14.8. The number of methoxy groups -OCH3 is 1. The van der Waals surface area contributed by atoms with Crippen molar-refractivity contribution in [3.05, 3.63) is 83.0 Å². The molecule has 4 aromatic rings. The number of alkyl halides is 2. The number of imidazole rings is 1. The number of H-pyrrole nitrogens is 1. The van der Waals surface area contributed by atoms with E-state index in [1.807, 2.05) is 13.8 Å². The Kier molecular flexibility index (Phi) is 8.74. The van der Waals surface area contributed by atoms with Crippen LogP contribution in [0.2, 0.25) is 0 Å². The number of amides is 2. The molecule has 2 bridgehead atoms. The molecule has 0 radical (unpaired) electrons. The Bertz CT molecular complexity index is 1710. The Morgan fingerprint density at radius 2 is 2.00 bits per heavy atom. The molecular weight excluding hydrogens is 579 g/mol. The Morgan fingerprint density at radius 1 is 1.20 bits per heavy atom. The second-order valence-corrected chi connectivity index (χ2v) is 10.6. The molecule has 2 aromatic carbocycles. The van der Waals surface area contributed by atoms with E-state index >= 15 is 0 Å². The average Bonchev–Trinajstić information content (AvgIpc) is 3.35. The van der Waals surface area contributed by atoms with Gasteiger partial charge in [0.2, 0.25) is 11.6 Å². The van der Waals surface area contributed by atoms with Crippen LogP contribution in [0.5, 0.6) is 5.75 Å². The lowest BCUT2D eigenvalue weighted by Gasteiger charge is -2.20. The summed E-state index contributed by atoms with van der Waals surface area (Å²) >= 11 is 0. The quantitative estimate of drug-likeness (QED) is 0.175. The zero-order valence-corrected chi connectivity index (χ0v) is 24.1. The number of hydrogen-bond acceptors (Lipinski definition) is 6. The summed E-state index contributed by atoms with van der Waals surface area (Å²) in [7, 11) is 1.25. The number of aromatic nitrogens is 3. The second kappa shape index (κ2) is 12.7. The van der Waals surface area contributed by atoms with E-state index in [0.717, 1.165) is 12.3 Å². The minimum Gasteiger partial charge on any atom is -0.618 e. The molecule has 2 aromatic heterocycles. The van der Waals surface area contributed by atoms with Gasteiger partial charge >= 0.3 is 12.7 Å². The zero-order valence-electron chi connectivity index (χ0n) is 24.1. The smallest absolute Gasteiger partial charge is 0.411 e. The summed E-state index contributed by atoms with van der Waals surface area (Å²) < 4.78 is 50.5. The molecule has 1 aliphatic rings. The molecule has 44 heavy (non-hydrogen) atoms. The minimum atomic E-state index is -3.17. The van der Waals surface area contributed by atoms with Crippen LogP contribution >= 0.6 is 0 Å². The van der Waals surface area contributed by atoms with Gasteiger partial charge in [0.05, 0.1) is 29.6 Å². The van der Waals surface area contributed by atoms with Gasteiger partial charge < -0.3 is 25.0 Å². The molecule has 3 heterocycles. The fraction of sp³-hybridized carbons (Fsp3) is 0.290. The van der Waals surface area contributed by atoms with Crippen molar-refractivity contribution in [2.75, 3.05) is 17.7 Å². The van der Waals surface area contributed by atoms with Gasteiger partial charge in [-0.25, -0.2) is 14.2 Å². The standard InChI is InChI=1S/C31H30F3N5O5/c1-16-7-12-26(40)37-23-14-19(36-31(41)43-3)9-10-20(23)28-17(2)35-29(38-28)21(13-16)24-11-8-18(15-39(24)42)27-22(32)5-4-6-25(27)44-30(33)34/h4-6,8-11,14-16,21,30H,7,12-13H2,1-3H3,(H,35,38)(H,36,41)(H,37,40). The topological polar surface area (TPSA) is 132 Å². The Balaban J connectivity index is 1.58. The number of fused-ring (bicyclic) bond motifs is 4. The lowest BCUT2D eigenvalue weighted by Crippen LogP contribution is -2.34. The number of rotatable bonds is 5. The van der Waals surface area contributed by atoms with Gasteiger partial charge in [0.15, 0.2) is 6.20 Å². The van der Waals surface area contributed by atoms with Crippen LogP contribution in [0.3, 0.4) is 0 Å². The molecule has 1 aliphatic heterocycles. The van der Waals surface area contributed by atoms with E-state index < -0.39 is 24.4 Å². The molecular formula is C31H30F3N5O5. The molecule has 13 heteroatoms. The SMILES string of the molecule is COC(=O)Nc1ccc2c(c1)NC(=O)CCC(C)CC(c1ccc(-c3c(F)cccc3OC(F)F)c[n+]1[O-])c1nc-2c(C)[nH]1. The maximum absolute atomic E-state index is 14.8. The maximum Gasteiger partial charge on any atom is 0.411 e. The molecule has 2 unspecified atom stereocenters. The Morgan fingerprint density at radius 3 is 2.73 bits per heavy atom. The molecule has 0 spiro atoms. The average molecular weight is 610 g/mol. The lowest BCUT2D eigenvalue weighted by molar-refractivity contribution is -0.614. The van der Waals surface area contributed by atoms with Crippen molar-refractivity contribution >= 4 is 23.4 Å². The third-order valence-corrected chi connectivity index (χ3v) is 7.50. The molecule has 0 aliphatic carbocycles. The highest BCUT2D eigenvalue weighted by Crippen LogP contribution is 2.38. The molecule has 0 fully saturated rings. The Hall–Kier alpha value is -5.07. The van der Waals surface area contributed by atoms with E-state index in [4.69, 9.17) is 4.98 Å². The number of aryl methyl sites for hydroxylation is 1. The fourth-order valence-corrected chi connectivity index (χ4v) is 5.38. The first-order valence-corrected chi connectivity index (χ1v) is 13.9. The number of halogens is 3. The number of pyridine rings is 1. The number of anilines is 2. The van der Waals surface area contributed by atoms with Crippen LogP contribution in [0, 0.1) is 23.9 Å². The monoisotopic (exact) mass is 609 g/mol. The van der Waals surface area contributed by atoms with Gasteiger partial charge in [-0.1, -0.05) is 13.0 Å². The third kappa shape index (κ3) is 6.46. The molecule has 3 N–H and O–H groups in total. The fourth-order valence-electron chi connectivity index (χ4n) is 5.38. The van der Waals surface area contributed by atoms with Crippen LogP contribution in [-0.4, -0.2) is 35.7 Å². The van der Waals surface area contributed by atoms with Crippen molar-refractivity contribution in [3.8, 4) is 28.1 Å². The van der Waals surface area contributed by atoms with Crippen molar-refractivity contribution < 1.29 is 37.0 Å². The zero-order chi connectivity index (χ0) is 31.5. The second-order valence-electron chi connectivity index (χ2n) is 10.6. The summed E-state index contributed by atoms with van der Waals surface area (Å²) in [6.45, 7) is 0.604. The summed E-state index contributed by atoms with van der Waals surface area (Å²) in [6.07, 6.45) is 1.63. The lowest BCUT2D eigenvalue weighted by atomic mass is 9.88. The van der Waals surface area contributed by atoms with Crippen LogP contribution in [-0.2, 0) is 9.53 Å². The first-order chi connectivity index (χ1) is 21.0. The molecule has 230 valence electrons. The third-order valence-electron chi connectivity index (χ3n) is 7.50. The number of carbonyl (C=O) groups excluding carboxylic acids is 2. The molecule has 2 amide bonds. The van der Waals surface area contributed by atoms with Crippen molar-refractivity contribution in [3.63, 3.8) is 0 Å². The number of carbonyl (C=O) groups is 2. The van der Waals surface area contributed by atoms with Crippen LogP contribution in [0.25, 0.3) is 22.4 Å². The van der Waals surface area contributed by atoms with E-state index in [1.165, 1.54) is 31.4 Å². The van der Waals surface area contributed by atoms with E-state index in [1.54, 1.807) is 18.2 Å². The number of nitrogens with one attached hydrogen (secondary N) is 3. The van der Waals surface area contributed by atoms with Gasteiger partial charge in [-0.15, -0.1) is 0 Å². The van der Waals surface area contributed by atoms with Gasteiger partial charge in [-0.3, -0.25) is 10.1 Å². The molecule has 0 saturated carbocycles. The first-order valence-electron chi connectivity index (χ1n) is 13.9. The first kappa shape index (κ1) is 30.4. The minimum absolute atomic E-state index is 0.0249. The van der Waals surface area contributed by atoms with Gasteiger partial charge in [0, 0.05) is 29.4 Å². The molecule has 0 saturated heterocycles. The van der Waals surface area contributed by atoms with Crippen molar-refractivity contribution in [2.45, 2.75) is 45.6 Å². The predicted octanol–water partition coefficient (Wildman–Crippen LogP) is 6.49. The highest BCUT2D eigenvalue weighted by atomic mass is 19.3. The van der Waals surface area contributed by atoms with E-state index in [-0.39, 0.29) is 35.1 Å². The number of ether oxygens (including phenoxy) is 2. The van der Waals surface area contributed by atoms with Crippen molar-refractivity contribution in [1.82, 2.24) is 9.97 Å². The van der Waals surface area contributed by atoms with E-state index in [2.05, 4.69) is 25.1 Å². The summed E-state index contributed by atoms with van der Waals surface area (Å²) in [4.78, 5) is 32.9. The highest BCUT2D eigenvalue weighted by molar-refractivity contribution is 5.97. The largest absolute Gasteiger partial charge is 0.618 e. The number of hydrogen-bond donors (Lipinski definition) is 3. The number of benzene rings is 2. The van der Waals surface area contributed by atoms with Gasteiger partial charge in [-0.05, 0) is 62.1 Å². The van der Waals surface area contributed by atoms with Crippen LogP contribution in [0.15, 0.2) is 54.7 Å².